The molecule has 1 aromatic rings. The summed E-state index contributed by atoms with van der Waals surface area (Å²) in [5.74, 6) is -0.367. The lowest BCUT2D eigenvalue weighted by Crippen LogP contribution is -2.48. The highest BCUT2D eigenvalue weighted by molar-refractivity contribution is 7.92. The van der Waals surface area contributed by atoms with E-state index in [1.165, 1.54) is 18.2 Å². The molecule has 1 aliphatic heterocycles. The minimum Gasteiger partial charge on any atom is -0.379 e. The molecule has 1 amide bonds. The Balaban J connectivity index is 1.96. The summed E-state index contributed by atoms with van der Waals surface area (Å²) in [6.45, 7) is 6.13. The molecule has 0 bridgehead atoms. The number of morpholine rings is 1. The van der Waals surface area contributed by atoms with Gasteiger partial charge >= 0.3 is 0 Å². The summed E-state index contributed by atoms with van der Waals surface area (Å²) in [7, 11) is -3.69. The number of hydrogen-bond acceptors (Lipinski definition) is 5. The van der Waals surface area contributed by atoms with Crippen LogP contribution in [0.4, 0.5) is 5.69 Å². The first kappa shape index (κ1) is 22.2. The highest BCUT2D eigenvalue weighted by Gasteiger charge is 2.29. The fraction of sp³-hybridized carbons (Fsp3) is 0.588. The average molecular weight is 438 g/mol. The third-order valence-electron chi connectivity index (χ3n) is 4.30. The lowest BCUT2D eigenvalue weighted by molar-refractivity contribution is -0.121. The van der Waals surface area contributed by atoms with Crippen LogP contribution in [0.3, 0.4) is 0 Å². The van der Waals surface area contributed by atoms with Crippen molar-refractivity contribution >= 4 is 44.8 Å². The lowest BCUT2D eigenvalue weighted by Gasteiger charge is -2.29. The maximum atomic E-state index is 12.5. The molecule has 0 saturated carbocycles. The van der Waals surface area contributed by atoms with Gasteiger partial charge in [-0.25, -0.2) is 8.42 Å². The maximum Gasteiger partial charge on any atom is 0.243 e. The number of nitrogens with one attached hydrogen (secondary N) is 1. The van der Waals surface area contributed by atoms with E-state index in [-0.39, 0.29) is 10.9 Å². The van der Waals surface area contributed by atoms with Crippen molar-refractivity contribution in [3.8, 4) is 0 Å². The number of carbonyl (C=O) groups excluding carboxylic acids is 1. The third kappa shape index (κ3) is 6.50. The molecule has 7 nitrogen and oxygen atoms in total. The Morgan fingerprint density at radius 3 is 2.56 bits per heavy atom. The van der Waals surface area contributed by atoms with E-state index in [1.54, 1.807) is 6.92 Å². The van der Waals surface area contributed by atoms with Crippen molar-refractivity contribution in [1.29, 1.82) is 0 Å². The first-order valence-electron chi connectivity index (χ1n) is 8.72. The van der Waals surface area contributed by atoms with E-state index in [2.05, 4.69) is 10.2 Å². The average Bonchev–Trinajstić information content (AvgIpc) is 2.61. The monoisotopic (exact) mass is 437 g/mol. The van der Waals surface area contributed by atoms with Crippen LogP contribution in [0.5, 0.6) is 0 Å². The zero-order chi connectivity index (χ0) is 20.0. The molecule has 1 saturated heterocycles. The van der Waals surface area contributed by atoms with E-state index < -0.39 is 16.1 Å². The van der Waals surface area contributed by atoms with E-state index in [4.69, 9.17) is 27.9 Å². The molecule has 0 spiro atoms. The highest BCUT2D eigenvalue weighted by atomic mass is 35.5. The first-order valence-corrected chi connectivity index (χ1v) is 11.3. The van der Waals surface area contributed by atoms with Crippen LogP contribution in [-0.4, -0.2) is 70.9 Å². The minimum absolute atomic E-state index is 0.223. The number of rotatable bonds is 8. The molecule has 1 fully saturated rings. The van der Waals surface area contributed by atoms with Gasteiger partial charge in [0.05, 0.1) is 35.2 Å². The topological polar surface area (TPSA) is 79.0 Å². The summed E-state index contributed by atoms with van der Waals surface area (Å²) in [6.07, 6.45) is 1.84. The number of ether oxygens (including phenoxy) is 1. The molecule has 1 heterocycles. The van der Waals surface area contributed by atoms with E-state index >= 15 is 0 Å². The van der Waals surface area contributed by atoms with E-state index in [0.29, 0.717) is 17.3 Å². The van der Waals surface area contributed by atoms with Gasteiger partial charge < -0.3 is 10.1 Å². The third-order valence-corrected chi connectivity index (χ3v) is 6.28. The number of amides is 1. The first-order chi connectivity index (χ1) is 12.7. The van der Waals surface area contributed by atoms with Crippen molar-refractivity contribution in [2.45, 2.75) is 19.4 Å². The van der Waals surface area contributed by atoms with Gasteiger partial charge in [-0.3, -0.25) is 14.0 Å². The molecule has 0 aromatic heterocycles. The molecule has 1 atom stereocenters. The molecule has 1 aliphatic rings. The second-order valence-corrected chi connectivity index (χ2v) is 9.11. The van der Waals surface area contributed by atoms with Crippen LogP contribution in [-0.2, 0) is 19.6 Å². The predicted octanol–water partition coefficient (Wildman–Crippen LogP) is 1.99. The minimum atomic E-state index is -3.69. The maximum absolute atomic E-state index is 12.5. The Kier molecular flexibility index (Phi) is 8.18. The smallest absolute Gasteiger partial charge is 0.243 e. The fourth-order valence-corrected chi connectivity index (χ4v) is 4.38. The molecule has 0 aliphatic carbocycles. The molecule has 2 rings (SSSR count). The van der Waals surface area contributed by atoms with Crippen LogP contribution >= 0.6 is 23.2 Å². The van der Waals surface area contributed by atoms with Gasteiger partial charge in [-0.2, -0.15) is 0 Å². The van der Waals surface area contributed by atoms with Gasteiger partial charge in [0, 0.05) is 19.6 Å². The second kappa shape index (κ2) is 9.93. The summed E-state index contributed by atoms with van der Waals surface area (Å²) in [5, 5.41) is 3.35. The van der Waals surface area contributed by atoms with Gasteiger partial charge in [-0.1, -0.05) is 23.2 Å². The SMILES string of the molecule is C[C@H](C(=O)NCCCN1CCOCC1)N(c1ccc(Cl)c(Cl)c1)S(C)(=O)=O. The molecule has 1 N–H and O–H groups in total. The molecular weight excluding hydrogens is 413 g/mol. The number of benzene rings is 1. The van der Waals surface area contributed by atoms with Crippen molar-refractivity contribution in [3.63, 3.8) is 0 Å². The number of halogens is 2. The van der Waals surface area contributed by atoms with Crippen molar-refractivity contribution in [2.75, 3.05) is 50.0 Å². The predicted molar refractivity (Wildman–Crippen MR) is 108 cm³/mol. The molecule has 27 heavy (non-hydrogen) atoms. The quantitative estimate of drug-likeness (QED) is 0.628. The van der Waals surface area contributed by atoms with E-state index in [1.807, 2.05) is 0 Å². The van der Waals surface area contributed by atoms with E-state index in [0.717, 1.165) is 49.8 Å². The summed E-state index contributed by atoms with van der Waals surface area (Å²) in [6, 6.07) is 3.55. The Bertz CT molecular complexity index is 755. The number of hydrogen-bond donors (Lipinski definition) is 1. The summed E-state index contributed by atoms with van der Waals surface area (Å²) >= 11 is 11.9. The molecule has 1 aromatic carbocycles. The number of carbonyl (C=O) groups is 1. The largest absolute Gasteiger partial charge is 0.379 e. The second-order valence-electron chi connectivity index (χ2n) is 6.43. The lowest BCUT2D eigenvalue weighted by atomic mass is 10.2. The molecule has 10 heteroatoms. The summed E-state index contributed by atoms with van der Waals surface area (Å²) in [4.78, 5) is 14.8. The van der Waals surface area contributed by atoms with Gasteiger partial charge in [0.15, 0.2) is 0 Å². The van der Waals surface area contributed by atoms with Gasteiger partial charge in [0.25, 0.3) is 0 Å². The molecule has 152 valence electrons. The summed E-state index contributed by atoms with van der Waals surface area (Å²) < 4.78 is 30.9. The van der Waals surface area contributed by atoms with Crippen LogP contribution in [0, 0.1) is 0 Å². The van der Waals surface area contributed by atoms with Crippen LogP contribution in [0.1, 0.15) is 13.3 Å². The van der Waals surface area contributed by atoms with Gasteiger partial charge in [-0.05, 0) is 38.1 Å². The summed E-state index contributed by atoms with van der Waals surface area (Å²) in [5.41, 5.74) is 0.294. The van der Waals surface area contributed by atoms with Gasteiger partial charge in [0.2, 0.25) is 15.9 Å². The standard InChI is InChI=1S/C17H25Cl2N3O4S/c1-13(17(23)20-6-3-7-21-8-10-26-11-9-21)22(27(2,24)25)14-4-5-15(18)16(19)12-14/h4-5,12-13H,3,6-11H2,1-2H3,(H,20,23)/t13-/m1/s1. The fourth-order valence-electron chi connectivity index (χ4n) is 2.92. The van der Waals surface area contributed by atoms with Crippen LogP contribution < -0.4 is 9.62 Å². The molecule has 0 radical (unpaired) electrons. The van der Waals surface area contributed by atoms with Crippen LogP contribution in [0.2, 0.25) is 10.0 Å². The van der Waals surface area contributed by atoms with Crippen molar-refractivity contribution in [3.05, 3.63) is 28.2 Å². The van der Waals surface area contributed by atoms with Crippen LogP contribution in [0.25, 0.3) is 0 Å². The zero-order valence-corrected chi connectivity index (χ0v) is 17.8. The molecular formula is C17H25Cl2N3O4S. The van der Waals surface area contributed by atoms with Crippen molar-refractivity contribution in [1.82, 2.24) is 10.2 Å². The highest BCUT2D eigenvalue weighted by Crippen LogP contribution is 2.29. The van der Waals surface area contributed by atoms with E-state index in [9.17, 15) is 13.2 Å². The Hall–Kier alpha value is -1.06. The Morgan fingerprint density at radius 1 is 1.30 bits per heavy atom. The zero-order valence-electron chi connectivity index (χ0n) is 15.5. The van der Waals surface area contributed by atoms with Crippen molar-refractivity contribution < 1.29 is 17.9 Å². The van der Waals surface area contributed by atoms with Crippen LogP contribution in [0.15, 0.2) is 18.2 Å². The Morgan fingerprint density at radius 2 is 1.96 bits per heavy atom. The number of sulfonamides is 1. The number of nitrogens with zero attached hydrogens (tertiary/aromatic N) is 2. The molecule has 0 unspecified atom stereocenters. The number of anilines is 1. The Labute approximate surface area is 170 Å². The van der Waals surface area contributed by atoms with Gasteiger partial charge in [-0.15, -0.1) is 0 Å². The normalized spacial score (nSPS) is 16.7. The van der Waals surface area contributed by atoms with Crippen molar-refractivity contribution in [2.24, 2.45) is 0 Å². The van der Waals surface area contributed by atoms with Gasteiger partial charge in [0.1, 0.15) is 6.04 Å².